The number of nitrogens with one attached hydrogen (secondary N) is 1. The van der Waals surface area contributed by atoms with E-state index in [9.17, 15) is 23.1 Å². The number of rotatable bonds is 7. The third-order valence-electron chi connectivity index (χ3n) is 3.77. The molecule has 1 heterocycles. The fourth-order valence-electron chi connectivity index (χ4n) is 2.38. The summed E-state index contributed by atoms with van der Waals surface area (Å²) in [6.45, 7) is 5.18. The zero-order valence-corrected chi connectivity index (χ0v) is 14.9. The highest BCUT2D eigenvalue weighted by atomic mass is 19.4. The molecule has 7 nitrogen and oxygen atoms in total. The lowest BCUT2D eigenvalue weighted by atomic mass is 10.2. The van der Waals surface area contributed by atoms with Crippen LogP contribution in [-0.4, -0.2) is 40.1 Å². The molecule has 0 atom stereocenters. The first kappa shape index (κ1) is 20.3. The fourth-order valence-corrected chi connectivity index (χ4v) is 2.38. The molecule has 10 heteroatoms. The van der Waals surface area contributed by atoms with Crippen molar-refractivity contribution >= 4 is 17.8 Å². The van der Waals surface area contributed by atoms with Gasteiger partial charge in [0.1, 0.15) is 12.3 Å². The first-order chi connectivity index (χ1) is 12.7. The Balaban J connectivity index is 1.95. The Morgan fingerprint density at radius 1 is 1.33 bits per heavy atom. The lowest BCUT2D eigenvalue weighted by molar-refractivity contribution is -0.141. The lowest BCUT2D eigenvalue weighted by Gasteiger charge is -2.21. The van der Waals surface area contributed by atoms with Crippen molar-refractivity contribution in [3.63, 3.8) is 0 Å². The SMILES string of the molecule is CCN(CC)c1ccc(/C=N/NC(=O)Cn2ccc(C(F)(F)F)n2)c(O)c1. The molecule has 0 aliphatic heterocycles. The van der Waals surface area contributed by atoms with Crippen molar-refractivity contribution in [2.45, 2.75) is 26.6 Å². The summed E-state index contributed by atoms with van der Waals surface area (Å²) < 4.78 is 38.3. The quantitative estimate of drug-likeness (QED) is 0.569. The number of amides is 1. The first-order valence-electron chi connectivity index (χ1n) is 8.25. The maximum Gasteiger partial charge on any atom is 0.435 e. The fraction of sp³-hybridized carbons (Fsp3) is 0.353. The second kappa shape index (κ2) is 8.56. The summed E-state index contributed by atoms with van der Waals surface area (Å²) >= 11 is 0. The van der Waals surface area contributed by atoms with Gasteiger partial charge in [0, 0.05) is 36.6 Å². The van der Waals surface area contributed by atoms with E-state index in [1.165, 1.54) is 6.21 Å². The van der Waals surface area contributed by atoms with Crippen LogP contribution < -0.4 is 10.3 Å². The van der Waals surface area contributed by atoms with Gasteiger partial charge < -0.3 is 10.0 Å². The van der Waals surface area contributed by atoms with Crippen LogP contribution in [0.5, 0.6) is 5.75 Å². The summed E-state index contributed by atoms with van der Waals surface area (Å²) in [4.78, 5) is 13.8. The van der Waals surface area contributed by atoms with E-state index < -0.39 is 24.3 Å². The second-order valence-electron chi connectivity index (χ2n) is 5.60. The van der Waals surface area contributed by atoms with Gasteiger partial charge in [-0.15, -0.1) is 0 Å². The minimum atomic E-state index is -4.56. The van der Waals surface area contributed by atoms with Gasteiger partial charge in [0.15, 0.2) is 5.69 Å². The third kappa shape index (κ3) is 5.47. The summed E-state index contributed by atoms with van der Waals surface area (Å²) in [5.41, 5.74) is 2.36. The van der Waals surface area contributed by atoms with Crippen LogP contribution in [0.4, 0.5) is 18.9 Å². The number of carbonyl (C=O) groups is 1. The minimum Gasteiger partial charge on any atom is -0.507 e. The van der Waals surface area contributed by atoms with E-state index in [0.717, 1.165) is 35.7 Å². The highest BCUT2D eigenvalue weighted by Gasteiger charge is 2.33. The second-order valence-corrected chi connectivity index (χ2v) is 5.60. The van der Waals surface area contributed by atoms with Gasteiger partial charge in [0.2, 0.25) is 0 Å². The third-order valence-corrected chi connectivity index (χ3v) is 3.77. The monoisotopic (exact) mass is 383 g/mol. The summed E-state index contributed by atoms with van der Waals surface area (Å²) in [6, 6.07) is 5.85. The van der Waals surface area contributed by atoms with E-state index in [0.29, 0.717) is 5.56 Å². The number of aromatic nitrogens is 2. The van der Waals surface area contributed by atoms with Crippen molar-refractivity contribution in [3.05, 3.63) is 41.7 Å². The number of hydrogen-bond acceptors (Lipinski definition) is 5. The van der Waals surface area contributed by atoms with Gasteiger partial charge in [-0.1, -0.05) is 0 Å². The van der Waals surface area contributed by atoms with E-state index in [1.54, 1.807) is 12.1 Å². The van der Waals surface area contributed by atoms with E-state index in [-0.39, 0.29) is 5.75 Å². The molecule has 1 aromatic carbocycles. The Labute approximate surface area is 154 Å². The van der Waals surface area contributed by atoms with E-state index in [2.05, 4.69) is 20.5 Å². The summed E-state index contributed by atoms with van der Waals surface area (Å²) in [6.07, 6.45) is -2.25. The number of alkyl halides is 3. The Morgan fingerprint density at radius 3 is 2.59 bits per heavy atom. The average molecular weight is 383 g/mol. The van der Waals surface area contributed by atoms with Crippen molar-refractivity contribution in [2.24, 2.45) is 5.10 Å². The molecule has 146 valence electrons. The van der Waals surface area contributed by atoms with Gasteiger partial charge in [0.25, 0.3) is 5.91 Å². The number of anilines is 1. The Bertz CT molecular complexity index is 813. The molecule has 2 rings (SSSR count). The van der Waals surface area contributed by atoms with Crippen LogP contribution in [0.1, 0.15) is 25.1 Å². The molecule has 0 bridgehead atoms. The highest BCUT2D eigenvalue weighted by molar-refractivity contribution is 5.86. The number of phenolic OH excluding ortho intramolecular Hbond substituents is 1. The van der Waals surface area contributed by atoms with Crippen LogP contribution in [0.15, 0.2) is 35.6 Å². The van der Waals surface area contributed by atoms with Crippen molar-refractivity contribution in [2.75, 3.05) is 18.0 Å². The van der Waals surface area contributed by atoms with Gasteiger partial charge in [-0.25, -0.2) is 5.43 Å². The molecule has 2 aromatic rings. The molecule has 0 saturated carbocycles. The van der Waals surface area contributed by atoms with Crippen LogP contribution in [-0.2, 0) is 17.5 Å². The lowest BCUT2D eigenvalue weighted by Crippen LogP contribution is -2.24. The van der Waals surface area contributed by atoms with Crippen LogP contribution in [0.2, 0.25) is 0 Å². The number of carbonyl (C=O) groups excluding carboxylic acids is 1. The zero-order valence-electron chi connectivity index (χ0n) is 14.9. The number of halogens is 3. The Hall–Kier alpha value is -3.04. The Morgan fingerprint density at radius 2 is 2.04 bits per heavy atom. The van der Waals surface area contributed by atoms with Gasteiger partial charge in [0.05, 0.1) is 6.21 Å². The van der Waals surface area contributed by atoms with Crippen molar-refractivity contribution in [1.29, 1.82) is 0 Å². The number of nitrogens with zero attached hydrogens (tertiary/aromatic N) is 4. The standard InChI is InChI=1S/C17H20F3N5O2/c1-3-24(4-2)13-6-5-12(14(26)9-13)10-21-22-16(27)11-25-8-7-15(23-25)17(18,19)20/h5-10,26H,3-4,11H2,1-2H3,(H,22,27)/b21-10+. The van der Waals surface area contributed by atoms with Gasteiger partial charge in [-0.2, -0.15) is 23.4 Å². The number of hydrazone groups is 1. The summed E-state index contributed by atoms with van der Waals surface area (Å²) in [5, 5.41) is 17.0. The van der Waals surface area contributed by atoms with Crippen molar-refractivity contribution in [3.8, 4) is 5.75 Å². The molecule has 0 spiro atoms. The highest BCUT2D eigenvalue weighted by Crippen LogP contribution is 2.27. The number of benzene rings is 1. The predicted octanol–water partition coefficient (Wildman–Crippen LogP) is 2.60. The molecular weight excluding hydrogens is 363 g/mol. The van der Waals surface area contributed by atoms with Crippen molar-refractivity contribution in [1.82, 2.24) is 15.2 Å². The van der Waals surface area contributed by atoms with Gasteiger partial charge in [-0.05, 0) is 32.0 Å². The Kier molecular flexibility index (Phi) is 6.43. The molecule has 27 heavy (non-hydrogen) atoms. The molecule has 2 N–H and O–H groups in total. The van der Waals surface area contributed by atoms with Crippen LogP contribution in [0.25, 0.3) is 0 Å². The number of phenols is 1. The smallest absolute Gasteiger partial charge is 0.435 e. The van der Waals surface area contributed by atoms with Crippen LogP contribution >= 0.6 is 0 Å². The predicted molar refractivity (Wildman–Crippen MR) is 94.6 cm³/mol. The normalized spacial score (nSPS) is 11.7. The van der Waals surface area contributed by atoms with Crippen LogP contribution in [0, 0.1) is 0 Å². The summed E-state index contributed by atoms with van der Waals surface area (Å²) in [7, 11) is 0. The zero-order chi connectivity index (χ0) is 20.0. The maximum atomic E-state index is 12.5. The van der Waals surface area contributed by atoms with E-state index in [4.69, 9.17) is 0 Å². The van der Waals surface area contributed by atoms with E-state index >= 15 is 0 Å². The largest absolute Gasteiger partial charge is 0.507 e. The van der Waals surface area contributed by atoms with E-state index in [1.807, 2.05) is 19.9 Å². The molecule has 0 unspecified atom stereocenters. The molecule has 0 fully saturated rings. The summed E-state index contributed by atoms with van der Waals surface area (Å²) in [5.74, 6) is -0.651. The van der Waals surface area contributed by atoms with Gasteiger partial charge >= 0.3 is 6.18 Å². The first-order valence-corrected chi connectivity index (χ1v) is 8.25. The topological polar surface area (TPSA) is 82.8 Å². The maximum absolute atomic E-state index is 12.5. The minimum absolute atomic E-state index is 0.000653. The molecule has 1 amide bonds. The average Bonchev–Trinajstić information content (AvgIpc) is 3.06. The molecular formula is C17H20F3N5O2. The molecule has 0 radical (unpaired) electrons. The van der Waals surface area contributed by atoms with Crippen molar-refractivity contribution < 1.29 is 23.1 Å². The van der Waals surface area contributed by atoms with Crippen LogP contribution in [0.3, 0.4) is 0 Å². The molecule has 0 saturated heterocycles. The molecule has 0 aliphatic rings. The number of aromatic hydroxyl groups is 1. The van der Waals surface area contributed by atoms with Gasteiger partial charge in [-0.3, -0.25) is 9.48 Å². The molecule has 0 aliphatic carbocycles. The number of hydrogen-bond donors (Lipinski definition) is 2. The molecule has 1 aromatic heterocycles.